The van der Waals surface area contributed by atoms with Crippen LogP contribution in [-0.2, 0) is 7.05 Å². The van der Waals surface area contributed by atoms with E-state index in [0.717, 1.165) is 27.5 Å². The van der Waals surface area contributed by atoms with Gasteiger partial charge in [-0.1, -0.05) is 11.8 Å². The van der Waals surface area contributed by atoms with Gasteiger partial charge in [-0.25, -0.2) is 15.0 Å². The number of halogens is 1. The molecule has 0 aliphatic rings. The molecule has 0 bridgehead atoms. The SMILES string of the molecule is CSc1nc2cccnc2n1C.S=c1[nH]c2cccnc2[nH]1.[2H]CF. The van der Waals surface area contributed by atoms with Crippen molar-refractivity contribution in [3.8, 4) is 0 Å². The Hall–Kier alpha value is -2.26. The largest absolute Gasteiger partial charge is 0.329 e. The average Bonchev–Trinajstić information content (AvgIpc) is 3.15. The highest BCUT2D eigenvalue weighted by Gasteiger charge is 2.05. The number of pyridine rings is 2. The number of H-pyrrole nitrogens is 2. The number of alkyl halides is 1. The van der Waals surface area contributed by atoms with E-state index in [9.17, 15) is 4.39 Å². The lowest BCUT2D eigenvalue weighted by molar-refractivity contribution is 0.636. The molecule has 0 fully saturated rings. The molecule has 0 unspecified atom stereocenters. The number of rotatable bonds is 1. The molecule has 0 aromatic carbocycles. The summed E-state index contributed by atoms with van der Waals surface area (Å²) in [7, 11) is 0.980. The molecule has 2 N–H and O–H groups in total. The Morgan fingerprint density at radius 2 is 1.96 bits per heavy atom. The second-order valence-corrected chi connectivity index (χ2v) is 5.66. The van der Waals surface area contributed by atoms with E-state index >= 15 is 0 Å². The fraction of sp³-hybridized carbons (Fsp3) is 0.200. The summed E-state index contributed by atoms with van der Waals surface area (Å²) in [4.78, 5) is 18.5. The maximum atomic E-state index is 9.96. The van der Waals surface area contributed by atoms with Gasteiger partial charge in [0.15, 0.2) is 21.2 Å². The van der Waals surface area contributed by atoms with Crippen molar-refractivity contribution < 1.29 is 5.76 Å². The molecule has 0 atom stereocenters. The van der Waals surface area contributed by atoms with E-state index in [1.54, 1.807) is 24.2 Å². The van der Waals surface area contributed by atoms with Crippen molar-refractivity contribution in [2.75, 3.05) is 13.4 Å². The molecule has 4 heterocycles. The smallest absolute Gasteiger partial charge is 0.176 e. The van der Waals surface area contributed by atoms with Gasteiger partial charge in [0.25, 0.3) is 0 Å². The first-order chi connectivity index (χ1) is 12.1. The van der Waals surface area contributed by atoms with E-state index < -0.39 is 7.15 Å². The van der Waals surface area contributed by atoms with Gasteiger partial charge in [-0.3, -0.25) is 4.39 Å². The van der Waals surface area contributed by atoms with Gasteiger partial charge in [0.2, 0.25) is 0 Å². The molecule has 0 spiro atoms. The highest BCUT2D eigenvalue weighted by atomic mass is 32.2. The highest BCUT2D eigenvalue weighted by Crippen LogP contribution is 2.18. The van der Waals surface area contributed by atoms with E-state index in [1.165, 1.54) is 0 Å². The number of fused-ring (bicyclic) bond motifs is 2. The van der Waals surface area contributed by atoms with Crippen LogP contribution in [0.1, 0.15) is 1.37 Å². The summed E-state index contributed by atoms with van der Waals surface area (Å²) >= 11 is 6.49. The van der Waals surface area contributed by atoms with E-state index in [0.29, 0.717) is 4.77 Å². The molecule has 0 saturated heterocycles. The van der Waals surface area contributed by atoms with Crippen molar-refractivity contribution in [3.05, 3.63) is 41.4 Å². The van der Waals surface area contributed by atoms with Crippen LogP contribution in [0.4, 0.5) is 4.39 Å². The molecular formula is C15H17FN6S2. The molecule has 9 heteroatoms. The predicted octanol–water partition coefficient (Wildman–Crippen LogP) is 3.90. The summed E-state index contributed by atoms with van der Waals surface area (Å²) in [5.41, 5.74) is 3.67. The fourth-order valence-electron chi connectivity index (χ4n) is 2.05. The van der Waals surface area contributed by atoms with Gasteiger partial charge in [0.1, 0.15) is 5.52 Å². The first-order valence-corrected chi connectivity index (χ1v) is 8.43. The average molecular weight is 365 g/mol. The van der Waals surface area contributed by atoms with Crippen LogP contribution in [0.5, 0.6) is 0 Å². The molecule has 0 saturated carbocycles. The van der Waals surface area contributed by atoms with Crippen molar-refractivity contribution in [1.82, 2.24) is 29.5 Å². The second kappa shape index (κ2) is 8.55. The normalized spacial score (nSPS) is 10.5. The van der Waals surface area contributed by atoms with Crippen LogP contribution in [0, 0.1) is 4.77 Å². The molecule has 4 aromatic heterocycles. The van der Waals surface area contributed by atoms with E-state index in [-0.39, 0.29) is 0 Å². The van der Waals surface area contributed by atoms with Crippen molar-refractivity contribution in [3.63, 3.8) is 0 Å². The first-order valence-electron chi connectivity index (χ1n) is 7.51. The summed E-state index contributed by atoms with van der Waals surface area (Å²) in [5.74, 6) is 0. The van der Waals surface area contributed by atoms with Crippen LogP contribution in [-0.4, -0.2) is 42.9 Å². The number of nitrogens with one attached hydrogen (secondary N) is 2. The summed E-state index contributed by atoms with van der Waals surface area (Å²) in [5, 5.41) is 1.00. The maximum Gasteiger partial charge on any atom is 0.176 e. The van der Waals surface area contributed by atoms with E-state index in [2.05, 4.69) is 24.9 Å². The molecule has 0 amide bonds. The minimum absolute atomic E-state index is 0.619. The van der Waals surface area contributed by atoms with Gasteiger partial charge in [-0.15, -0.1) is 0 Å². The third-order valence-corrected chi connectivity index (χ3v) is 3.99. The second-order valence-electron chi connectivity index (χ2n) is 4.48. The summed E-state index contributed by atoms with van der Waals surface area (Å²) in [6.07, 6.45) is 5.52. The van der Waals surface area contributed by atoms with Crippen LogP contribution < -0.4 is 0 Å². The van der Waals surface area contributed by atoms with Gasteiger partial charge < -0.3 is 14.5 Å². The lowest BCUT2D eigenvalue weighted by atomic mass is 10.4. The number of nitrogens with zero attached hydrogens (tertiary/aromatic N) is 4. The van der Waals surface area contributed by atoms with E-state index in [1.807, 2.05) is 42.1 Å². The Balaban J connectivity index is 0.000000158. The number of aryl methyl sites for hydroxylation is 1. The maximum absolute atomic E-state index is 9.96. The lowest BCUT2D eigenvalue weighted by Gasteiger charge is -1.95. The molecular weight excluding hydrogens is 347 g/mol. The Labute approximate surface area is 149 Å². The van der Waals surface area contributed by atoms with Crippen molar-refractivity contribution in [2.24, 2.45) is 7.05 Å². The number of aromatic amines is 2. The topological polar surface area (TPSA) is 75.2 Å². The number of hydrogen-bond donors (Lipinski definition) is 2. The molecule has 4 rings (SSSR count). The van der Waals surface area contributed by atoms with Crippen molar-refractivity contribution >= 4 is 46.3 Å². The Bertz CT molecular complexity index is 960. The monoisotopic (exact) mass is 365 g/mol. The van der Waals surface area contributed by atoms with Crippen LogP contribution in [0.2, 0.25) is 0 Å². The summed E-state index contributed by atoms with van der Waals surface area (Å²) < 4.78 is 18.1. The molecule has 126 valence electrons. The van der Waals surface area contributed by atoms with Gasteiger partial charge >= 0.3 is 0 Å². The minimum Gasteiger partial charge on any atom is -0.329 e. The van der Waals surface area contributed by atoms with Crippen molar-refractivity contribution in [1.29, 1.82) is 0 Å². The van der Waals surface area contributed by atoms with Crippen molar-refractivity contribution in [2.45, 2.75) is 5.16 Å². The molecule has 0 aliphatic heterocycles. The van der Waals surface area contributed by atoms with Crippen LogP contribution in [0.15, 0.2) is 41.8 Å². The predicted molar refractivity (Wildman–Crippen MR) is 98.6 cm³/mol. The molecule has 6 nitrogen and oxygen atoms in total. The number of imidazole rings is 2. The van der Waals surface area contributed by atoms with Gasteiger partial charge in [-0.2, -0.15) is 0 Å². The minimum atomic E-state index is -1.00. The van der Waals surface area contributed by atoms with E-state index in [4.69, 9.17) is 13.6 Å². The third kappa shape index (κ3) is 3.98. The standard InChI is InChI=1S/C8H9N3S.C6H5N3S.CH3F/c1-11-7-6(4-3-5-9-7)10-8(11)12-2;10-6-8-4-2-1-3-7-5(4)9-6;1-2/h3-5H,1-2H3;1-3H,(H2,7,8,9,10);1H3/i;;1D. The van der Waals surface area contributed by atoms with Crippen LogP contribution in [0.25, 0.3) is 22.3 Å². The Kier molecular flexibility index (Phi) is 5.91. The Morgan fingerprint density at radius 1 is 1.25 bits per heavy atom. The number of thioether (sulfide) groups is 1. The quantitative estimate of drug-likeness (QED) is 0.395. The molecule has 4 aromatic rings. The molecule has 0 radical (unpaired) electrons. The highest BCUT2D eigenvalue weighted by molar-refractivity contribution is 7.98. The number of aromatic nitrogens is 6. The fourth-order valence-corrected chi connectivity index (χ4v) is 2.81. The van der Waals surface area contributed by atoms with Gasteiger partial charge in [0, 0.05) is 19.4 Å². The third-order valence-electron chi connectivity index (χ3n) is 3.06. The lowest BCUT2D eigenvalue weighted by Crippen LogP contribution is -1.90. The summed E-state index contributed by atoms with van der Waals surface area (Å²) in [6.45, 7) is 0. The first kappa shape index (κ1) is 16.6. The Morgan fingerprint density at radius 3 is 2.62 bits per heavy atom. The zero-order valence-corrected chi connectivity index (χ0v) is 14.8. The van der Waals surface area contributed by atoms with Crippen LogP contribution in [0.3, 0.4) is 0 Å². The van der Waals surface area contributed by atoms with Crippen LogP contribution >= 0.6 is 24.0 Å². The molecule has 24 heavy (non-hydrogen) atoms. The zero-order valence-electron chi connectivity index (χ0n) is 14.2. The van der Waals surface area contributed by atoms with Gasteiger partial charge in [0.05, 0.1) is 14.0 Å². The number of hydrogen-bond acceptors (Lipinski definition) is 5. The summed E-state index contributed by atoms with van der Waals surface area (Å²) in [6, 6.07) is 7.66. The molecule has 0 aliphatic carbocycles. The van der Waals surface area contributed by atoms with Gasteiger partial charge in [-0.05, 0) is 42.7 Å². The zero-order chi connectivity index (χ0) is 18.2.